The number of hydrogen-bond donors (Lipinski definition) is 2. The number of methoxy groups -OCH3 is 1. The first-order chi connectivity index (χ1) is 11.0. The minimum Gasteiger partial charge on any atom is -0.507 e. The Kier molecular flexibility index (Phi) is 8.80. The third-order valence-corrected chi connectivity index (χ3v) is 3.80. The summed E-state index contributed by atoms with van der Waals surface area (Å²) < 4.78 is 4.99. The van der Waals surface area contributed by atoms with E-state index in [1.54, 1.807) is 12.1 Å². The lowest BCUT2D eigenvalue weighted by Crippen LogP contribution is -2.00. The molecule has 0 saturated carbocycles. The number of hydrogen-bond acceptors (Lipinski definition) is 4. The molecule has 1 aromatic carbocycles. The van der Waals surface area contributed by atoms with Crippen molar-refractivity contribution in [2.75, 3.05) is 7.11 Å². The minimum atomic E-state index is -0.731. The fraction of sp³-hybridized carbons (Fsp3) is 0.556. The maximum Gasteiger partial charge on any atom is 0.303 e. The van der Waals surface area contributed by atoms with Crippen LogP contribution in [0.5, 0.6) is 11.5 Å². The van der Waals surface area contributed by atoms with Gasteiger partial charge in [-0.1, -0.05) is 32.1 Å². The molecule has 0 aliphatic rings. The molecule has 128 valence electrons. The average Bonchev–Trinajstić information content (AvgIpc) is 2.52. The van der Waals surface area contributed by atoms with Crippen LogP contribution in [0.3, 0.4) is 0 Å². The Morgan fingerprint density at radius 1 is 0.957 bits per heavy atom. The number of rotatable bonds is 12. The van der Waals surface area contributed by atoms with E-state index in [0.717, 1.165) is 44.9 Å². The van der Waals surface area contributed by atoms with E-state index in [4.69, 9.17) is 9.84 Å². The first-order valence-corrected chi connectivity index (χ1v) is 8.16. The normalized spacial score (nSPS) is 10.5. The summed E-state index contributed by atoms with van der Waals surface area (Å²) in [6.07, 6.45) is 7.31. The second-order valence-electron chi connectivity index (χ2n) is 5.67. The zero-order valence-corrected chi connectivity index (χ0v) is 13.7. The number of Topliss-reactive ketones (excluding diaryl/α,β-unsaturated/α-hetero) is 1. The molecule has 0 radical (unpaired) electrons. The van der Waals surface area contributed by atoms with Crippen LogP contribution < -0.4 is 4.74 Å². The molecule has 0 spiro atoms. The van der Waals surface area contributed by atoms with E-state index in [1.807, 2.05) is 0 Å². The number of ether oxygens (including phenoxy) is 1. The van der Waals surface area contributed by atoms with E-state index in [-0.39, 0.29) is 18.0 Å². The van der Waals surface area contributed by atoms with Gasteiger partial charge in [0.2, 0.25) is 0 Å². The van der Waals surface area contributed by atoms with Crippen LogP contribution in [0.4, 0.5) is 0 Å². The number of carboxylic acid groups (broad SMARTS) is 1. The van der Waals surface area contributed by atoms with E-state index in [1.165, 1.54) is 13.2 Å². The van der Waals surface area contributed by atoms with Crippen LogP contribution in [0.25, 0.3) is 0 Å². The number of phenols is 1. The molecule has 0 fully saturated rings. The second kappa shape index (κ2) is 10.6. The van der Waals surface area contributed by atoms with Crippen molar-refractivity contribution in [3.05, 3.63) is 23.8 Å². The lowest BCUT2D eigenvalue weighted by atomic mass is 10.0. The number of carboxylic acids is 1. The number of unbranched alkanes of at least 4 members (excludes halogenated alkanes) is 6. The number of phenolic OH excluding ortho intramolecular Hbond substituents is 1. The molecule has 0 aliphatic heterocycles. The standard InChI is InChI=1S/C18H26O5/c1-23-14-11-12-15(17(20)13-14)16(19)9-7-5-3-2-4-6-8-10-18(21)22/h11-13,20H,2-10H2,1H3,(H,21,22). The molecule has 0 bridgehead atoms. The second-order valence-corrected chi connectivity index (χ2v) is 5.67. The van der Waals surface area contributed by atoms with Crippen LogP contribution in [0.1, 0.15) is 68.1 Å². The molecule has 0 atom stereocenters. The van der Waals surface area contributed by atoms with Crippen molar-refractivity contribution in [1.82, 2.24) is 0 Å². The number of carbonyl (C=O) groups is 2. The molecule has 0 aliphatic carbocycles. The highest BCUT2D eigenvalue weighted by molar-refractivity contribution is 5.98. The highest BCUT2D eigenvalue weighted by Gasteiger charge is 2.11. The van der Waals surface area contributed by atoms with Crippen molar-refractivity contribution in [1.29, 1.82) is 0 Å². The van der Waals surface area contributed by atoms with Crippen LogP contribution in [0.2, 0.25) is 0 Å². The van der Waals surface area contributed by atoms with Gasteiger partial charge in [0.1, 0.15) is 11.5 Å². The molecular weight excluding hydrogens is 296 g/mol. The summed E-state index contributed by atoms with van der Waals surface area (Å²) in [6, 6.07) is 4.72. The van der Waals surface area contributed by atoms with Gasteiger partial charge in [0.25, 0.3) is 0 Å². The Labute approximate surface area is 137 Å². The molecule has 1 rings (SSSR count). The molecular formula is C18H26O5. The lowest BCUT2D eigenvalue weighted by Gasteiger charge is -2.06. The van der Waals surface area contributed by atoms with E-state index in [9.17, 15) is 14.7 Å². The van der Waals surface area contributed by atoms with Gasteiger partial charge >= 0.3 is 5.97 Å². The fourth-order valence-electron chi connectivity index (χ4n) is 2.45. The monoisotopic (exact) mass is 322 g/mol. The predicted octanol–water partition coefficient (Wildman–Crippen LogP) is 4.18. The molecule has 0 aromatic heterocycles. The van der Waals surface area contributed by atoms with E-state index in [2.05, 4.69) is 0 Å². The molecule has 5 nitrogen and oxygen atoms in total. The van der Waals surface area contributed by atoms with Crippen LogP contribution in [0, 0.1) is 0 Å². The van der Waals surface area contributed by atoms with Gasteiger partial charge < -0.3 is 14.9 Å². The summed E-state index contributed by atoms with van der Waals surface area (Å²) in [5.41, 5.74) is 0.347. The summed E-state index contributed by atoms with van der Waals surface area (Å²) >= 11 is 0. The highest BCUT2D eigenvalue weighted by atomic mass is 16.5. The Balaban J connectivity index is 2.14. The third kappa shape index (κ3) is 7.68. The first-order valence-electron chi connectivity index (χ1n) is 8.16. The van der Waals surface area contributed by atoms with E-state index >= 15 is 0 Å². The maximum absolute atomic E-state index is 12.0. The Morgan fingerprint density at radius 2 is 1.52 bits per heavy atom. The summed E-state index contributed by atoms with van der Waals surface area (Å²) in [7, 11) is 1.51. The van der Waals surface area contributed by atoms with E-state index < -0.39 is 5.97 Å². The van der Waals surface area contributed by atoms with Crippen molar-refractivity contribution >= 4 is 11.8 Å². The molecule has 0 amide bonds. The Hall–Kier alpha value is -2.04. The minimum absolute atomic E-state index is 0.0345. The highest BCUT2D eigenvalue weighted by Crippen LogP contribution is 2.25. The Morgan fingerprint density at radius 3 is 2.04 bits per heavy atom. The van der Waals surface area contributed by atoms with E-state index in [0.29, 0.717) is 17.7 Å². The molecule has 5 heteroatoms. The van der Waals surface area contributed by atoms with Crippen molar-refractivity contribution < 1.29 is 24.5 Å². The first kappa shape index (κ1) is 19.0. The van der Waals surface area contributed by atoms with Gasteiger partial charge in [0, 0.05) is 18.9 Å². The lowest BCUT2D eigenvalue weighted by molar-refractivity contribution is -0.137. The van der Waals surface area contributed by atoms with Gasteiger partial charge in [-0.05, 0) is 25.0 Å². The summed E-state index contributed by atoms with van der Waals surface area (Å²) in [4.78, 5) is 22.4. The summed E-state index contributed by atoms with van der Waals surface area (Å²) in [6.45, 7) is 0. The van der Waals surface area contributed by atoms with Crippen LogP contribution in [0.15, 0.2) is 18.2 Å². The number of benzene rings is 1. The molecule has 2 N–H and O–H groups in total. The van der Waals surface area contributed by atoms with Gasteiger partial charge in [0.05, 0.1) is 12.7 Å². The van der Waals surface area contributed by atoms with Gasteiger partial charge in [-0.2, -0.15) is 0 Å². The molecule has 23 heavy (non-hydrogen) atoms. The summed E-state index contributed by atoms with van der Waals surface area (Å²) in [5.74, 6) is -0.286. The Bertz CT molecular complexity index is 510. The number of aliphatic carboxylic acids is 1. The number of ketones is 1. The molecule has 0 heterocycles. The van der Waals surface area contributed by atoms with Gasteiger partial charge in [-0.3, -0.25) is 9.59 Å². The molecule has 0 unspecified atom stereocenters. The topological polar surface area (TPSA) is 83.8 Å². The van der Waals surface area contributed by atoms with Crippen LogP contribution in [-0.4, -0.2) is 29.1 Å². The van der Waals surface area contributed by atoms with Crippen molar-refractivity contribution in [2.24, 2.45) is 0 Å². The number of aromatic hydroxyl groups is 1. The molecule has 1 aromatic rings. The SMILES string of the molecule is COc1ccc(C(=O)CCCCCCCCCC(=O)O)c(O)c1. The summed E-state index contributed by atoms with van der Waals surface area (Å²) in [5, 5.41) is 18.3. The van der Waals surface area contributed by atoms with Gasteiger partial charge in [-0.15, -0.1) is 0 Å². The fourth-order valence-corrected chi connectivity index (χ4v) is 2.45. The largest absolute Gasteiger partial charge is 0.507 e. The van der Waals surface area contributed by atoms with Gasteiger partial charge in [0.15, 0.2) is 5.78 Å². The smallest absolute Gasteiger partial charge is 0.303 e. The maximum atomic E-state index is 12.0. The van der Waals surface area contributed by atoms with Crippen LogP contribution in [-0.2, 0) is 4.79 Å². The van der Waals surface area contributed by atoms with Crippen molar-refractivity contribution in [3.63, 3.8) is 0 Å². The van der Waals surface area contributed by atoms with Crippen LogP contribution >= 0.6 is 0 Å². The third-order valence-electron chi connectivity index (χ3n) is 3.80. The zero-order chi connectivity index (χ0) is 17.1. The zero-order valence-electron chi connectivity index (χ0n) is 13.7. The van der Waals surface area contributed by atoms with Crippen molar-refractivity contribution in [2.45, 2.75) is 57.8 Å². The van der Waals surface area contributed by atoms with Gasteiger partial charge in [-0.25, -0.2) is 0 Å². The molecule has 0 saturated heterocycles. The van der Waals surface area contributed by atoms with Crippen molar-refractivity contribution in [3.8, 4) is 11.5 Å². The average molecular weight is 322 g/mol. The predicted molar refractivity (Wildman–Crippen MR) is 88.2 cm³/mol. The number of carbonyl (C=O) groups excluding carboxylic acids is 1. The quantitative estimate of drug-likeness (QED) is 0.445.